The molecule has 1 atom stereocenters. The number of aromatic amines is 1. The van der Waals surface area contributed by atoms with Gasteiger partial charge in [0, 0.05) is 6.42 Å². The molecule has 0 saturated carbocycles. The van der Waals surface area contributed by atoms with Crippen LogP contribution in [0.3, 0.4) is 0 Å². The molecule has 10 nitrogen and oxygen atoms in total. The second-order valence-electron chi connectivity index (χ2n) is 11.1. The molecule has 0 aliphatic carbocycles. The maximum atomic E-state index is 13.4. The lowest BCUT2D eigenvalue weighted by Gasteiger charge is -2.21. The van der Waals surface area contributed by atoms with E-state index in [1.807, 2.05) is 76.2 Å². The second-order valence-corrected chi connectivity index (χ2v) is 11.1. The summed E-state index contributed by atoms with van der Waals surface area (Å²) in [5, 5.41) is 0. The lowest BCUT2D eigenvalue weighted by Crippen LogP contribution is -2.38. The first-order valence-electron chi connectivity index (χ1n) is 14.5. The normalized spacial score (nSPS) is 11.8. The summed E-state index contributed by atoms with van der Waals surface area (Å²) in [6, 6.07) is 18.2. The number of nitrogens with one attached hydrogen (secondary N) is 1. The average Bonchev–Trinajstić information content (AvgIpc) is 2.98. The summed E-state index contributed by atoms with van der Waals surface area (Å²) in [6.45, 7) is 7.82. The lowest BCUT2D eigenvalue weighted by molar-refractivity contribution is -0.157. The zero-order valence-electron chi connectivity index (χ0n) is 25.2. The maximum Gasteiger partial charge on any atom is 0.331 e. The van der Waals surface area contributed by atoms with Crippen LogP contribution in [-0.4, -0.2) is 40.7 Å². The van der Waals surface area contributed by atoms with E-state index in [1.54, 1.807) is 12.1 Å². The molecule has 0 aliphatic heterocycles. The SMILES string of the molecule is CC(C)CC(C(=O)OCCOC(=O)CCC(=O)Oc1[nH]c(=O)n(Cc2ccccc2)c(=O)c1Cc1ccccc1)C(C)C. The monoisotopic (exact) mass is 592 g/mol. The van der Waals surface area contributed by atoms with E-state index in [4.69, 9.17) is 14.2 Å². The molecule has 230 valence electrons. The summed E-state index contributed by atoms with van der Waals surface area (Å²) in [4.78, 5) is 66.0. The Morgan fingerprint density at radius 1 is 0.791 bits per heavy atom. The largest absolute Gasteiger partial charge is 0.462 e. The number of carbonyl (C=O) groups excluding carboxylic acids is 3. The van der Waals surface area contributed by atoms with Crippen molar-refractivity contribution in [3.8, 4) is 5.88 Å². The number of carbonyl (C=O) groups is 3. The molecule has 0 aliphatic rings. The van der Waals surface area contributed by atoms with Crippen LogP contribution in [0.1, 0.15) is 63.6 Å². The van der Waals surface area contributed by atoms with Gasteiger partial charge in [-0.25, -0.2) is 4.79 Å². The third kappa shape index (κ3) is 10.4. The minimum atomic E-state index is -0.818. The third-order valence-corrected chi connectivity index (χ3v) is 6.82. The molecule has 0 fully saturated rings. The number of hydrogen-bond donors (Lipinski definition) is 1. The second kappa shape index (κ2) is 16.2. The summed E-state index contributed by atoms with van der Waals surface area (Å²) < 4.78 is 16.8. The van der Waals surface area contributed by atoms with Crippen LogP contribution in [0.4, 0.5) is 0 Å². The summed E-state index contributed by atoms with van der Waals surface area (Å²) in [6.07, 6.45) is 0.183. The highest BCUT2D eigenvalue weighted by atomic mass is 16.6. The molecule has 1 N–H and O–H groups in total. The van der Waals surface area contributed by atoms with Crippen LogP contribution in [0.5, 0.6) is 5.88 Å². The molecular formula is C33H40N2O8. The van der Waals surface area contributed by atoms with Gasteiger partial charge in [-0.1, -0.05) is 88.4 Å². The number of rotatable bonds is 15. The highest BCUT2D eigenvalue weighted by molar-refractivity contribution is 5.79. The van der Waals surface area contributed by atoms with E-state index < -0.39 is 23.2 Å². The predicted octanol–water partition coefficient (Wildman–Crippen LogP) is 4.27. The van der Waals surface area contributed by atoms with Crippen molar-refractivity contribution in [2.45, 2.75) is 59.9 Å². The highest BCUT2D eigenvalue weighted by Crippen LogP contribution is 2.21. The van der Waals surface area contributed by atoms with E-state index in [0.29, 0.717) is 12.3 Å². The Hall–Kier alpha value is -4.47. The first kappa shape index (κ1) is 33.0. The standard InChI is InChI=1S/C33H40N2O8/c1-22(2)19-26(23(3)4)32(39)42-18-17-41-28(36)15-16-29(37)43-30-27(20-24-11-7-5-8-12-24)31(38)35(33(40)34-30)21-25-13-9-6-10-14-25/h5-14,22-23,26H,15-21H2,1-4H3,(H,34,40). The Bertz CT molecular complexity index is 1480. The minimum absolute atomic E-state index is 0.0437. The Morgan fingerprint density at radius 3 is 1.98 bits per heavy atom. The Labute approximate surface area is 251 Å². The van der Waals surface area contributed by atoms with Gasteiger partial charge < -0.3 is 14.2 Å². The van der Waals surface area contributed by atoms with E-state index in [-0.39, 0.29) is 68.3 Å². The molecule has 0 spiro atoms. The van der Waals surface area contributed by atoms with Gasteiger partial charge in [0.05, 0.1) is 30.9 Å². The van der Waals surface area contributed by atoms with Crippen molar-refractivity contribution in [3.63, 3.8) is 0 Å². The molecule has 3 aromatic rings. The Balaban J connectivity index is 1.60. The van der Waals surface area contributed by atoms with Crippen molar-refractivity contribution >= 4 is 17.9 Å². The molecule has 43 heavy (non-hydrogen) atoms. The van der Waals surface area contributed by atoms with Crippen LogP contribution in [0.25, 0.3) is 0 Å². The van der Waals surface area contributed by atoms with Gasteiger partial charge in [-0.15, -0.1) is 0 Å². The van der Waals surface area contributed by atoms with Gasteiger partial charge in [0.25, 0.3) is 5.56 Å². The predicted molar refractivity (Wildman–Crippen MR) is 161 cm³/mol. The molecule has 0 bridgehead atoms. The summed E-state index contributed by atoms with van der Waals surface area (Å²) in [7, 11) is 0. The summed E-state index contributed by atoms with van der Waals surface area (Å²) in [5.74, 6) is -1.83. The van der Waals surface area contributed by atoms with Gasteiger partial charge in [-0.05, 0) is 29.4 Å². The quantitative estimate of drug-likeness (QED) is 0.204. The first-order valence-corrected chi connectivity index (χ1v) is 14.5. The topological polar surface area (TPSA) is 134 Å². The van der Waals surface area contributed by atoms with Crippen molar-refractivity contribution in [2.24, 2.45) is 17.8 Å². The van der Waals surface area contributed by atoms with Crippen molar-refractivity contribution in [1.82, 2.24) is 9.55 Å². The molecule has 2 aromatic carbocycles. The molecular weight excluding hydrogens is 552 g/mol. The smallest absolute Gasteiger partial charge is 0.331 e. The molecule has 1 aromatic heterocycles. The molecule has 10 heteroatoms. The number of nitrogens with zero attached hydrogens (tertiary/aromatic N) is 1. The van der Waals surface area contributed by atoms with E-state index in [2.05, 4.69) is 4.98 Å². The number of ether oxygens (including phenoxy) is 3. The Morgan fingerprint density at radius 2 is 1.37 bits per heavy atom. The fourth-order valence-electron chi connectivity index (χ4n) is 4.54. The van der Waals surface area contributed by atoms with Crippen molar-refractivity contribution < 1.29 is 28.6 Å². The van der Waals surface area contributed by atoms with E-state index in [1.165, 1.54) is 0 Å². The highest BCUT2D eigenvalue weighted by Gasteiger charge is 2.25. The fraction of sp³-hybridized carbons (Fsp3) is 0.424. The first-order chi connectivity index (χ1) is 20.5. The van der Waals surface area contributed by atoms with Gasteiger partial charge in [0.15, 0.2) is 0 Å². The lowest BCUT2D eigenvalue weighted by atomic mass is 9.88. The summed E-state index contributed by atoms with van der Waals surface area (Å²) in [5.41, 5.74) is 0.339. The van der Waals surface area contributed by atoms with Gasteiger partial charge in [0.2, 0.25) is 5.88 Å². The van der Waals surface area contributed by atoms with Crippen molar-refractivity contribution in [2.75, 3.05) is 13.2 Å². The molecule has 0 radical (unpaired) electrons. The molecule has 0 amide bonds. The van der Waals surface area contributed by atoms with Gasteiger partial charge >= 0.3 is 23.6 Å². The van der Waals surface area contributed by atoms with Gasteiger partial charge in [-0.3, -0.25) is 28.7 Å². The van der Waals surface area contributed by atoms with Crippen molar-refractivity contribution in [1.29, 1.82) is 0 Å². The zero-order valence-corrected chi connectivity index (χ0v) is 25.2. The maximum absolute atomic E-state index is 13.4. The van der Waals surface area contributed by atoms with Gasteiger partial charge in [0.1, 0.15) is 13.2 Å². The number of aromatic nitrogens is 2. The van der Waals surface area contributed by atoms with Crippen molar-refractivity contribution in [3.05, 3.63) is 98.2 Å². The van der Waals surface area contributed by atoms with Gasteiger partial charge in [-0.2, -0.15) is 0 Å². The van der Waals surface area contributed by atoms with E-state index >= 15 is 0 Å². The van der Waals surface area contributed by atoms with E-state index in [0.717, 1.165) is 15.7 Å². The fourth-order valence-corrected chi connectivity index (χ4v) is 4.54. The molecule has 3 rings (SSSR count). The third-order valence-electron chi connectivity index (χ3n) is 6.82. The minimum Gasteiger partial charge on any atom is -0.462 e. The molecule has 0 saturated heterocycles. The number of hydrogen-bond acceptors (Lipinski definition) is 8. The van der Waals surface area contributed by atoms with Crippen LogP contribution in [0.15, 0.2) is 70.3 Å². The van der Waals surface area contributed by atoms with Crippen LogP contribution >= 0.6 is 0 Å². The average molecular weight is 593 g/mol. The van der Waals surface area contributed by atoms with Crippen LogP contribution in [0.2, 0.25) is 0 Å². The van der Waals surface area contributed by atoms with Crippen LogP contribution < -0.4 is 16.0 Å². The zero-order chi connectivity index (χ0) is 31.4. The Kier molecular flexibility index (Phi) is 12.5. The number of benzene rings is 2. The van der Waals surface area contributed by atoms with E-state index in [9.17, 15) is 24.0 Å². The van der Waals surface area contributed by atoms with Crippen LogP contribution in [-0.2, 0) is 36.8 Å². The summed E-state index contributed by atoms with van der Waals surface area (Å²) >= 11 is 0. The molecule has 1 unspecified atom stereocenters. The number of esters is 3. The van der Waals surface area contributed by atoms with Crippen LogP contribution in [0, 0.1) is 17.8 Å². The molecule has 1 heterocycles. The number of H-pyrrole nitrogens is 1.